The van der Waals surface area contributed by atoms with Gasteiger partial charge in [-0.2, -0.15) is 0 Å². The molecule has 2 aromatic carbocycles. The van der Waals surface area contributed by atoms with Crippen LogP contribution in [0.3, 0.4) is 0 Å². The van der Waals surface area contributed by atoms with Crippen molar-refractivity contribution in [2.75, 3.05) is 17.7 Å². The molecular weight excluding hydrogens is 500 g/mol. The first-order chi connectivity index (χ1) is 17.3. The van der Waals surface area contributed by atoms with Crippen molar-refractivity contribution in [2.45, 2.75) is 25.2 Å². The van der Waals surface area contributed by atoms with E-state index in [-0.39, 0.29) is 28.5 Å². The van der Waals surface area contributed by atoms with Crippen LogP contribution in [-0.2, 0) is 14.6 Å². The summed E-state index contributed by atoms with van der Waals surface area (Å²) in [6.07, 6.45) is 0.527. The fourth-order valence-electron chi connectivity index (χ4n) is 3.58. The van der Waals surface area contributed by atoms with Crippen LogP contribution in [0.4, 0.5) is 5.00 Å². The van der Waals surface area contributed by atoms with E-state index in [0.717, 1.165) is 5.56 Å². The predicted molar refractivity (Wildman–Crippen MR) is 138 cm³/mol. The third kappa shape index (κ3) is 5.39. The Kier molecular flexibility index (Phi) is 7.66. The molecule has 2 aromatic heterocycles. The first kappa shape index (κ1) is 25.3. The van der Waals surface area contributed by atoms with Crippen LogP contribution in [0.5, 0.6) is 0 Å². The summed E-state index contributed by atoms with van der Waals surface area (Å²) in [4.78, 5) is 25.9. The van der Waals surface area contributed by atoms with Gasteiger partial charge in [0.15, 0.2) is 21.3 Å². The summed E-state index contributed by atoms with van der Waals surface area (Å²) in [6, 6.07) is 17.0. The Morgan fingerprint density at radius 2 is 1.75 bits per heavy atom. The molecule has 8 nitrogen and oxygen atoms in total. The van der Waals surface area contributed by atoms with E-state index in [9.17, 15) is 18.0 Å². The second-order valence-corrected chi connectivity index (χ2v) is 10.8. The zero-order valence-corrected chi connectivity index (χ0v) is 21.3. The molecule has 2 heterocycles. The van der Waals surface area contributed by atoms with Crippen LogP contribution in [-0.4, -0.2) is 37.8 Å². The molecule has 4 aromatic rings. The van der Waals surface area contributed by atoms with E-state index >= 15 is 0 Å². The molecule has 10 heteroatoms. The third-order valence-corrected chi connectivity index (χ3v) is 8.13. The Bertz CT molecular complexity index is 1470. The van der Waals surface area contributed by atoms with Gasteiger partial charge in [-0.3, -0.25) is 4.79 Å². The Labute approximate surface area is 212 Å². The number of ether oxygens (including phenoxy) is 1. The van der Waals surface area contributed by atoms with Crippen molar-refractivity contribution in [2.24, 2.45) is 0 Å². The van der Waals surface area contributed by atoms with Gasteiger partial charge in [0.25, 0.3) is 5.91 Å². The molecule has 0 bridgehead atoms. The molecule has 0 atom stereocenters. The van der Waals surface area contributed by atoms with Crippen LogP contribution in [0.1, 0.15) is 41.1 Å². The minimum absolute atomic E-state index is 0.0113. The van der Waals surface area contributed by atoms with Crippen molar-refractivity contribution < 1.29 is 27.3 Å². The van der Waals surface area contributed by atoms with E-state index in [1.807, 2.05) is 30.3 Å². The highest BCUT2D eigenvalue weighted by Gasteiger charge is 2.24. The van der Waals surface area contributed by atoms with Crippen LogP contribution >= 0.6 is 11.3 Å². The van der Waals surface area contributed by atoms with E-state index in [1.165, 1.54) is 29.5 Å². The monoisotopic (exact) mass is 524 g/mol. The van der Waals surface area contributed by atoms with Crippen LogP contribution in [0, 0.1) is 0 Å². The fourth-order valence-corrected chi connectivity index (χ4v) is 5.86. The number of sulfone groups is 1. The Morgan fingerprint density at radius 3 is 2.42 bits per heavy atom. The fraction of sp³-hybridized carbons (Fsp3) is 0.192. The molecule has 36 heavy (non-hydrogen) atoms. The van der Waals surface area contributed by atoms with E-state index in [1.54, 1.807) is 31.4 Å². The Balaban J connectivity index is 1.57. The van der Waals surface area contributed by atoms with E-state index < -0.39 is 21.7 Å². The summed E-state index contributed by atoms with van der Waals surface area (Å²) in [5, 5.41) is 8.72. The van der Waals surface area contributed by atoms with Gasteiger partial charge in [0, 0.05) is 22.6 Å². The number of carbonyl (C=O) groups excluding carboxylic acids is 2. The largest absolute Gasteiger partial charge is 0.462 e. The molecule has 1 N–H and O–H groups in total. The molecule has 0 saturated heterocycles. The Hall–Kier alpha value is -3.76. The maximum Gasteiger partial charge on any atom is 0.341 e. The second-order valence-electron chi connectivity index (χ2n) is 7.81. The average molecular weight is 525 g/mol. The van der Waals surface area contributed by atoms with Gasteiger partial charge < -0.3 is 14.6 Å². The number of esters is 1. The van der Waals surface area contributed by atoms with Crippen molar-refractivity contribution in [1.82, 2.24) is 5.16 Å². The first-order valence-corrected chi connectivity index (χ1v) is 13.8. The van der Waals surface area contributed by atoms with Crippen molar-refractivity contribution in [1.29, 1.82) is 0 Å². The number of nitrogens with one attached hydrogen (secondary N) is 1. The average Bonchev–Trinajstić information content (AvgIpc) is 3.53. The minimum Gasteiger partial charge on any atom is -0.462 e. The quantitative estimate of drug-likeness (QED) is 0.280. The van der Waals surface area contributed by atoms with E-state index in [2.05, 4.69) is 10.5 Å². The molecule has 4 rings (SSSR count). The second kappa shape index (κ2) is 10.9. The highest BCUT2D eigenvalue weighted by Crippen LogP contribution is 2.36. The smallest absolute Gasteiger partial charge is 0.341 e. The molecule has 0 aliphatic rings. The van der Waals surface area contributed by atoms with Crippen LogP contribution in [0.25, 0.3) is 22.5 Å². The molecular formula is C26H24N2O6S2. The van der Waals surface area contributed by atoms with Gasteiger partial charge in [0.05, 0.1) is 17.3 Å². The zero-order chi connectivity index (χ0) is 25.7. The molecule has 0 saturated carbocycles. The number of rotatable bonds is 9. The van der Waals surface area contributed by atoms with Gasteiger partial charge in [-0.05, 0) is 43.2 Å². The number of amides is 1. The molecule has 0 spiro atoms. The summed E-state index contributed by atoms with van der Waals surface area (Å²) < 4.78 is 35.0. The third-order valence-electron chi connectivity index (χ3n) is 5.30. The highest BCUT2D eigenvalue weighted by atomic mass is 32.2. The lowest BCUT2D eigenvalue weighted by atomic mass is 10.0. The lowest BCUT2D eigenvalue weighted by Crippen LogP contribution is -2.15. The van der Waals surface area contributed by atoms with Crippen LogP contribution in [0.15, 0.2) is 75.5 Å². The molecule has 1 amide bonds. The Morgan fingerprint density at radius 1 is 1.03 bits per heavy atom. The maximum absolute atomic E-state index is 12.9. The van der Waals surface area contributed by atoms with E-state index in [0.29, 0.717) is 28.3 Å². The van der Waals surface area contributed by atoms with Crippen molar-refractivity contribution in [3.63, 3.8) is 0 Å². The number of hydrogen-bond donors (Lipinski definition) is 1. The molecule has 0 aliphatic carbocycles. The number of anilines is 1. The lowest BCUT2D eigenvalue weighted by molar-refractivity contribution is 0.0529. The first-order valence-electron chi connectivity index (χ1n) is 11.3. The van der Waals surface area contributed by atoms with E-state index in [4.69, 9.17) is 9.26 Å². The zero-order valence-electron chi connectivity index (χ0n) is 19.7. The molecule has 0 fully saturated rings. The molecule has 0 radical (unpaired) electrons. The topological polar surface area (TPSA) is 116 Å². The summed E-state index contributed by atoms with van der Waals surface area (Å²) >= 11 is 1.21. The standard InChI is InChI=1S/C26H24N2O6S2/c1-3-14-36(31,32)19-12-10-18(11-13-19)22-15-21(28-34-22)24(29)27-25-23(26(30)33-4-2)20(16-35-25)17-8-6-5-7-9-17/h5-13,15-16H,3-4,14H2,1-2H3,(H,27,29). The number of aromatic nitrogens is 1. The SMILES string of the molecule is CCCS(=O)(=O)c1ccc(-c2cc(C(=O)Nc3scc(-c4ccccc4)c3C(=O)OCC)no2)cc1. The summed E-state index contributed by atoms with van der Waals surface area (Å²) in [7, 11) is -3.33. The molecule has 0 unspecified atom stereocenters. The van der Waals surface area contributed by atoms with Gasteiger partial charge in [-0.15, -0.1) is 11.3 Å². The number of hydrogen-bond acceptors (Lipinski definition) is 8. The normalized spacial score (nSPS) is 11.3. The predicted octanol–water partition coefficient (Wildman–Crippen LogP) is 5.68. The number of thiophene rings is 1. The maximum atomic E-state index is 12.9. The van der Waals surface area contributed by atoms with Gasteiger partial charge in [-0.1, -0.05) is 42.4 Å². The van der Waals surface area contributed by atoms with Gasteiger partial charge in [0.2, 0.25) is 0 Å². The molecule has 186 valence electrons. The van der Waals surface area contributed by atoms with Crippen molar-refractivity contribution in [3.05, 3.63) is 77.3 Å². The summed E-state index contributed by atoms with van der Waals surface area (Å²) in [5.41, 5.74) is 2.34. The van der Waals surface area contributed by atoms with Gasteiger partial charge in [-0.25, -0.2) is 13.2 Å². The number of carbonyl (C=O) groups is 2. The summed E-state index contributed by atoms with van der Waals surface area (Å²) in [6.45, 7) is 3.72. The lowest BCUT2D eigenvalue weighted by Gasteiger charge is -2.08. The number of nitrogens with zero attached hydrogens (tertiary/aromatic N) is 1. The summed E-state index contributed by atoms with van der Waals surface area (Å²) in [5.74, 6) is -0.714. The van der Waals surface area contributed by atoms with Crippen molar-refractivity contribution in [3.8, 4) is 22.5 Å². The van der Waals surface area contributed by atoms with Gasteiger partial charge >= 0.3 is 5.97 Å². The van der Waals surface area contributed by atoms with Gasteiger partial charge in [0.1, 0.15) is 10.6 Å². The van der Waals surface area contributed by atoms with Crippen LogP contribution in [0.2, 0.25) is 0 Å². The minimum atomic E-state index is -3.33. The molecule has 0 aliphatic heterocycles. The number of benzene rings is 2. The highest BCUT2D eigenvalue weighted by molar-refractivity contribution is 7.91. The van der Waals surface area contributed by atoms with Crippen LogP contribution < -0.4 is 5.32 Å². The van der Waals surface area contributed by atoms with Crippen molar-refractivity contribution >= 4 is 38.1 Å².